The van der Waals surface area contributed by atoms with Crippen LogP contribution < -0.4 is 0 Å². The molecular weight excluding hydrogens is 256 g/mol. The summed E-state index contributed by atoms with van der Waals surface area (Å²) >= 11 is 0. The van der Waals surface area contributed by atoms with Crippen molar-refractivity contribution in [3.05, 3.63) is 58.1 Å². The third-order valence-corrected chi connectivity index (χ3v) is 3.06. The number of rotatable bonds is 2. The summed E-state index contributed by atoms with van der Waals surface area (Å²) in [5, 5.41) is 27.6. The van der Waals surface area contributed by atoms with Crippen LogP contribution in [-0.4, -0.2) is 15.1 Å². The Hall–Kier alpha value is -3.20. The van der Waals surface area contributed by atoms with Gasteiger partial charge in [0.1, 0.15) is 5.69 Å². The number of H-pyrrole nitrogens is 1. The van der Waals surface area contributed by atoms with Gasteiger partial charge in [-0.25, -0.2) is 0 Å². The van der Waals surface area contributed by atoms with Crippen LogP contribution in [0, 0.1) is 21.4 Å². The highest BCUT2D eigenvalue weighted by atomic mass is 16.6. The average molecular weight is 264 g/mol. The maximum absolute atomic E-state index is 10.8. The van der Waals surface area contributed by atoms with E-state index in [0.29, 0.717) is 22.3 Å². The van der Waals surface area contributed by atoms with Gasteiger partial charge >= 0.3 is 0 Å². The Kier molecular flexibility index (Phi) is 2.66. The van der Waals surface area contributed by atoms with Crippen LogP contribution >= 0.6 is 0 Å². The number of non-ortho nitro benzene ring substituents is 1. The van der Waals surface area contributed by atoms with Crippen molar-refractivity contribution in [3.8, 4) is 17.3 Å². The van der Waals surface area contributed by atoms with Gasteiger partial charge in [-0.1, -0.05) is 18.2 Å². The van der Waals surface area contributed by atoms with Gasteiger partial charge < -0.3 is 0 Å². The SMILES string of the molecule is N#Cc1ccccc1-c1n[nH]c2cc([N+](=O)[O-])ccc12. The Bertz CT molecular complexity index is 861. The molecule has 0 aliphatic carbocycles. The number of nitrogens with zero attached hydrogens (tertiary/aromatic N) is 3. The summed E-state index contributed by atoms with van der Waals surface area (Å²) in [5.41, 5.74) is 2.41. The fourth-order valence-electron chi connectivity index (χ4n) is 2.11. The minimum absolute atomic E-state index is 0.00117. The molecule has 1 heterocycles. The monoisotopic (exact) mass is 264 g/mol. The smallest absolute Gasteiger partial charge is 0.271 e. The molecule has 0 amide bonds. The van der Waals surface area contributed by atoms with Gasteiger partial charge in [-0.3, -0.25) is 15.2 Å². The van der Waals surface area contributed by atoms with Crippen molar-refractivity contribution in [2.45, 2.75) is 0 Å². The molecule has 0 unspecified atom stereocenters. The molecule has 0 saturated carbocycles. The molecule has 96 valence electrons. The van der Waals surface area contributed by atoms with Crippen LogP contribution in [0.25, 0.3) is 22.2 Å². The second-order valence-electron chi connectivity index (χ2n) is 4.22. The van der Waals surface area contributed by atoms with Gasteiger partial charge in [0.2, 0.25) is 0 Å². The molecule has 0 atom stereocenters. The number of hydrogen-bond donors (Lipinski definition) is 1. The molecule has 0 bridgehead atoms. The Balaban J connectivity index is 2.23. The van der Waals surface area contributed by atoms with Gasteiger partial charge in [-0.15, -0.1) is 0 Å². The van der Waals surface area contributed by atoms with Crippen molar-refractivity contribution in [2.75, 3.05) is 0 Å². The summed E-state index contributed by atoms with van der Waals surface area (Å²) < 4.78 is 0. The molecule has 0 radical (unpaired) electrons. The van der Waals surface area contributed by atoms with Gasteiger partial charge in [0, 0.05) is 23.1 Å². The van der Waals surface area contributed by atoms with Crippen LogP contribution in [0.2, 0.25) is 0 Å². The van der Waals surface area contributed by atoms with Gasteiger partial charge in [0.05, 0.1) is 22.1 Å². The van der Waals surface area contributed by atoms with Gasteiger partial charge in [-0.2, -0.15) is 10.4 Å². The maximum Gasteiger partial charge on any atom is 0.271 e. The van der Waals surface area contributed by atoms with Crippen molar-refractivity contribution in [2.24, 2.45) is 0 Å². The van der Waals surface area contributed by atoms with E-state index in [1.807, 2.05) is 6.07 Å². The molecule has 1 aromatic heterocycles. The van der Waals surface area contributed by atoms with Gasteiger partial charge in [-0.05, 0) is 12.1 Å². The summed E-state index contributed by atoms with van der Waals surface area (Å²) in [6.07, 6.45) is 0. The lowest BCUT2D eigenvalue weighted by Gasteiger charge is -2.00. The molecule has 3 rings (SSSR count). The summed E-state index contributed by atoms with van der Waals surface area (Å²) in [6.45, 7) is 0. The molecule has 3 aromatic rings. The fraction of sp³-hybridized carbons (Fsp3) is 0. The molecule has 0 fully saturated rings. The van der Waals surface area contributed by atoms with E-state index in [1.165, 1.54) is 12.1 Å². The lowest BCUT2D eigenvalue weighted by molar-refractivity contribution is -0.384. The lowest BCUT2D eigenvalue weighted by Crippen LogP contribution is -1.87. The van der Waals surface area contributed by atoms with Crippen LogP contribution in [0.15, 0.2) is 42.5 Å². The number of nitro benzene ring substituents is 1. The third kappa shape index (κ3) is 1.78. The summed E-state index contributed by atoms with van der Waals surface area (Å²) in [7, 11) is 0. The Labute approximate surface area is 113 Å². The van der Waals surface area contributed by atoms with Gasteiger partial charge in [0.15, 0.2) is 0 Å². The Morgan fingerprint density at radius 3 is 2.80 bits per heavy atom. The first-order valence-corrected chi connectivity index (χ1v) is 5.82. The van der Waals surface area contributed by atoms with Crippen LogP contribution in [0.1, 0.15) is 5.56 Å². The Morgan fingerprint density at radius 2 is 2.05 bits per heavy atom. The first-order valence-electron chi connectivity index (χ1n) is 5.82. The minimum atomic E-state index is -0.455. The van der Waals surface area contributed by atoms with Crippen LogP contribution in [-0.2, 0) is 0 Å². The lowest BCUT2D eigenvalue weighted by atomic mass is 10.0. The average Bonchev–Trinajstić information content (AvgIpc) is 2.89. The quantitative estimate of drug-likeness (QED) is 0.568. The van der Waals surface area contributed by atoms with Crippen LogP contribution in [0.5, 0.6) is 0 Å². The molecule has 1 N–H and O–H groups in total. The fourth-order valence-corrected chi connectivity index (χ4v) is 2.11. The largest absolute Gasteiger partial charge is 0.277 e. The van der Waals surface area contributed by atoms with E-state index >= 15 is 0 Å². The van der Waals surface area contributed by atoms with Gasteiger partial charge in [0.25, 0.3) is 5.69 Å². The van der Waals surface area contributed by atoms with E-state index in [4.69, 9.17) is 5.26 Å². The zero-order chi connectivity index (χ0) is 14.1. The van der Waals surface area contributed by atoms with E-state index in [0.717, 1.165) is 5.39 Å². The molecular formula is C14H8N4O2. The molecule has 0 aliphatic rings. The molecule has 6 nitrogen and oxygen atoms in total. The summed E-state index contributed by atoms with van der Waals surface area (Å²) in [4.78, 5) is 10.3. The zero-order valence-corrected chi connectivity index (χ0v) is 10.2. The highest BCUT2D eigenvalue weighted by Gasteiger charge is 2.14. The van der Waals surface area contributed by atoms with Crippen molar-refractivity contribution in [1.82, 2.24) is 10.2 Å². The van der Waals surface area contributed by atoms with E-state index in [1.54, 1.807) is 24.3 Å². The second-order valence-corrected chi connectivity index (χ2v) is 4.22. The number of aromatic nitrogens is 2. The van der Waals surface area contributed by atoms with E-state index < -0.39 is 4.92 Å². The normalized spacial score (nSPS) is 10.3. The predicted molar refractivity (Wildman–Crippen MR) is 72.9 cm³/mol. The number of benzene rings is 2. The number of nitro groups is 1. The van der Waals surface area contributed by atoms with Crippen molar-refractivity contribution in [3.63, 3.8) is 0 Å². The predicted octanol–water partition coefficient (Wildman–Crippen LogP) is 3.01. The second kappa shape index (κ2) is 4.48. The van der Waals surface area contributed by atoms with E-state index in [9.17, 15) is 10.1 Å². The van der Waals surface area contributed by atoms with Crippen LogP contribution in [0.3, 0.4) is 0 Å². The molecule has 0 saturated heterocycles. The summed E-state index contributed by atoms with van der Waals surface area (Å²) in [6, 6.07) is 13.7. The number of aromatic amines is 1. The third-order valence-electron chi connectivity index (χ3n) is 3.06. The standard InChI is InChI=1S/C14H8N4O2/c15-8-9-3-1-2-4-11(9)14-12-6-5-10(18(19)20)7-13(12)16-17-14/h1-7H,(H,16,17). The molecule has 20 heavy (non-hydrogen) atoms. The Morgan fingerprint density at radius 1 is 1.25 bits per heavy atom. The number of nitrogens with one attached hydrogen (secondary N) is 1. The molecule has 2 aromatic carbocycles. The molecule has 0 spiro atoms. The zero-order valence-electron chi connectivity index (χ0n) is 10.2. The van der Waals surface area contributed by atoms with Crippen molar-refractivity contribution >= 4 is 16.6 Å². The molecule has 0 aliphatic heterocycles. The van der Waals surface area contributed by atoms with Crippen molar-refractivity contribution < 1.29 is 4.92 Å². The van der Waals surface area contributed by atoms with Crippen LogP contribution in [0.4, 0.5) is 5.69 Å². The number of hydrogen-bond acceptors (Lipinski definition) is 4. The number of fused-ring (bicyclic) bond motifs is 1. The molecule has 6 heteroatoms. The number of nitriles is 1. The minimum Gasteiger partial charge on any atom is -0.277 e. The van der Waals surface area contributed by atoms with Crippen molar-refractivity contribution in [1.29, 1.82) is 5.26 Å². The highest BCUT2D eigenvalue weighted by molar-refractivity contribution is 5.95. The maximum atomic E-state index is 10.8. The topological polar surface area (TPSA) is 95.6 Å². The van der Waals surface area contributed by atoms with E-state index in [2.05, 4.69) is 16.3 Å². The highest BCUT2D eigenvalue weighted by Crippen LogP contribution is 2.30. The first kappa shape index (κ1) is 11.9. The first-order chi connectivity index (χ1) is 9.70. The summed E-state index contributed by atoms with van der Waals surface area (Å²) in [5.74, 6) is 0. The van der Waals surface area contributed by atoms with E-state index in [-0.39, 0.29) is 5.69 Å².